The van der Waals surface area contributed by atoms with Crippen LogP contribution in [0, 0.1) is 0 Å². The minimum absolute atomic E-state index is 0.0558. The SMILES string of the molecule is COc1ccc(C2CC2(F)F)cc1S(N)(=O)=O. The third kappa shape index (κ3) is 2.25. The molecule has 2 N–H and O–H groups in total. The highest BCUT2D eigenvalue weighted by molar-refractivity contribution is 7.89. The molecule has 0 heterocycles. The summed E-state index contributed by atoms with van der Waals surface area (Å²) in [6.07, 6.45) is -0.261. The van der Waals surface area contributed by atoms with Crippen molar-refractivity contribution in [1.29, 1.82) is 0 Å². The van der Waals surface area contributed by atoms with Crippen LogP contribution in [0.5, 0.6) is 5.75 Å². The highest BCUT2D eigenvalue weighted by Crippen LogP contribution is 2.56. The molecule has 0 spiro atoms. The van der Waals surface area contributed by atoms with Crippen LogP contribution in [-0.2, 0) is 10.0 Å². The van der Waals surface area contributed by atoms with Gasteiger partial charge in [-0.2, -0.15) is 0 Å². The number of ether oxygens (including phenoxy) is 1. The largest absolute Gasteiger partial charge is 0.495 e. The molecule has 2 rings (SSSR count). The van der Waals surface area contributed by atoms with Crippen LogP contribution in [-0.4, -0.2) is 21.5 Å². The van der Waals surface area contributed by atoms with E-state index >= 15 is 0 Å². The minimum Gasteiger partial charge on any atom is -0.495 e. The molecule has 94 valence electrons. The first-order chi connectivity index (χ1) is 7.75. The Kier molecular flexibility index (Phi) is 2.62. The molecule has 7 heteroatoms. The second kappa shape index (κ2) is 3.64. The van der Waals surface area contributed by atoms with Crippen molar-refractivity contribution in [3.8, 4) is 5.75 Å². The van der Waals surface area contributed by atoms with E-state index in [-0.39, 0.29) is 22.6 Å². The Balaban J connectivity index is 2.47. The van der Waals surface area contributed by atoms with Gasteiger partial charge in [0.1, 0.15) is 10.6 Å². The van der Waals surface area contributed by atoms with Crippen molar-refractivity contribution < 1.29 is 21.9 Å². The number of halogens is 2. The van der Waals surface area contributed by atoms with Crippen LogP contribution in [0.25, 0.3) is 0 Å². The Bertz CT molecular complexity index is 557. The van der Waals surface area contributed by atoms with Gasteiger partial charge in [0.15, 0.2) is 0 Å². The Hall–Kier alpha value is -1.21. The van der Waals surface area contributed by atoms with Crippen LogP contribution in [0.3, 0.4) is 0 Å². The van der Waals surface area contributed by atoms with Crippen LogP contribution >= 0.6 is 0 Å². The van der Waals surface area contributed by atoms with E-state index < -0.39 is 21.9 Å². The number of hydrogen-bond donors (Lipinski definition) is 1. The third-order valence-corrected chi connectivity index (χ3v) is 3.65. The third-order valence-electron chi connectivity index (χ3n) is 2.72. The van der Waals surface area contributed by atoms with Crippen LogP contribution in [0.15, 0.2) is 23.1 Å². The van der Waals surface area contributed by atoms with Gasteiger partial charge in [-0.25, -0.2) is 22.3 Å². The minimum atomic E-state index is -3.98. The van der Waals surface area contributed by atoms with Gasteiger partial charge in [-0.05, 0) is 17.7 Å². The summed E-state index contributed by atoms with van der Waals surface area (Å²) in [5.74, 6) is -3.61. The van der Waals surface area contributed by atoms with Gasteiger partial charge in [0, 0.05) is 6.42 Å². The molecule has 1 aliphatic carbocycles. The standard InChI is InChI=1S/C10H11F2NO3S/c1-16-8-3-2-6(7-5-10(7,11)12)4-9(8)17(13,14)15/h2-4,7H,5H2,1H3,(H2,13,14,15). The van der Waals surface area contributed by atoms with Crippen molar-refractivity contribution in [2.45, 2.75) is 23.2 Å². The Morgan fingerprint density at radius 1 is 1.47 bits per heavy atom. The van der Waals surface area contributed by atoms with Gasteiger partial charge in [0.25, 0.3) is 5.92 Å². The normalized spacial score (nSPS) is 22.2. The summed E-state index contributed by atoms with van der Waals surface area (Å²) in [4.78, 5) is -0.264. The lowest BCUT2D eigenvalue weighted by Gasteiger charge is -2.08. The van der Waals surface area contributed by atoms with E-state index in [2.05, 4.69) is 0 Å². The first-order valence-corrected chi connectivity index (χ1v) is 6.39. The second-order valence-corrected chi connectivity index (χ2v) is 5.50. The van der Waals surface area contributed by atoms with Gasteiger partial charge >= 0.3 is 0 Å². The highest BCUT2D eigenvalue weighted by Gasteiger charge is 2.57. The molecule has 1 atom stereocenters. The van der Waals surface area contributed by atoms with Crippen LogP contribution in [0.1, 0.15) is 17.9 Å². The molecule has 1 aromatic carbocycles. The van der Waals surface area contributed by atoms with E-state index in [9.17, 15) is 17.2 Å². The molecule has 1 fully saturated rings. The molecule has 4 nitrogen and oxygen atoms in total. The van der Waals surface area contributed by atoms with E-state index in [1.54, 1.807) is 0 Å². The highest BCUT2D eigenvalue weighted by atomic mass is 32.2. The maximum absolute atomic E-state index is 12.9. The predicted octanol–water partition coefficient (Wildman–Crippen LogP) is 1.47. The molecule has 0 amide bonds. The maximum atomic E-state index is 12.9. The van der Waals surface area contributed by atoms with E-state index in [1.807, 2.05) is 0 Å². The number of sulfonamides is 1. The molecule has 0 bridgehead atoms. The molecular formula is C10H11F2NO3S. The Morgan fingerprint density at radius 2 is 2.06 bits per heavy atom. The number of methoxy groups -OCH3 is 1. The first kappa shape index (κ1) is 12.3. The van der Waals surface area contributed by atoms with Crippen molar-refractivity contribution >= 4 is 10.0 Å². The zero-order valence-corrected chi connectivity index (χ0v) is 9.80. The summed E-state index contributed by atoms with van der Waals surface area (Å²) < 4.78 is 53.2. The topological polar surface area (TPSA) is 69.4 Å². The van der Waals surface area contributed by atoms with Gasteiger partial charge in [0.2, 0.25) is 10.0 Å². The molecular weight excluding hydrogens is 252 g/mol. The summed E-state index contributed by atoms with van der Waals surface area (Å²) in [5, 5.41) is 4.99. The van der Waals surface area contributed by atoms with Crippen molar-refractivity contribution in [2.75, 3.05) is 7.11 Å². The quantitative estimate of drug-likeness (QED) is 0.897. The van der Waals surface area contributed by atoms with Crippen molar-refractivity contribution in [2.24, 2.45) is 5.14 Å². The number of primary sulfonamides is 1. The van der Waals surface area contributed by atoms with Gasteiger partial charge in [-0.15, -0.1) is 0 Å². The smallest absolute Gasteiger partial charge is 0.255 e. The lowest BCUT2D eigenvalue weighted by molar-refractivity contribution is 0.112. The fourth-order valence-corrected chi connectivity index (χ4v) is 2.44. The number of nitrogens with two attached hydrogens (primary N) is 1. The predicted molar refractivity (Wildman–Crippen MR) is 56.7 cm³/mol. The molecule has 1 saturated carbocycles. The maximum Gasteiger partial charge on any atom is 0.255 e. The van der Waals surface area contributed by atoms with E-state index in [0.29, 0.717) is 0 Å². The van der Waals surface area contributed by atoms with E-state index in [4.69, 9.17) is 9.88 Å². The van der Waals surface area contributed by atoms with Crippen molar-refractivity contribution in [1.82, 2.24) is 0 Å². The molecule has 1 unspecified atom stereocenters. The van der Waals surface area contributed by atoms with Gasteiger partial charge in [0.05, 0.1) is 13.0 Å². The molecule has 1 aromatic rings. The Morgan fingerprint density at radius 3 is 2.47 bits per heavy atom. The lowest BCUT2D eigenvalue weighted by Crippen LogP contribution is -2.14. The molecule has 0 radical (unpaired) electrons. The average Bonchev–Trinajstić information content (AvgIpc) is 2.85. The zero-order chi connectivity index (χ0) is 12.8. The fraction of sp³-hybridized carbons (Fsp3) is 0.400. The van der Waals surface area contributed by atoms with E-state index in [1.165, 1.54) is 19.2 Å². The molecule has 0 aromatic heterocycles. The number of alkyl halides is 2. The summed E-state index contributed by atoms with van der Waals surface area (Å²) in [6.45, 7) is 0. The monoisotopic (exact) mass is 263 g/mol. The fourth-order valence-electron chi connectivity index (χ4n) is 1.71. The first-order valence-electron chi connectivity index (χ1n) is 4.84. The molecule has 17 heavy (non-hydrogen) atoms. The molecule has 0 saturated heterocycles. The number of hydrogen-bond acceptors (Lipinski definition) is 3. The van der Waals surface area contributed by atoms with Crippen molar-refractivity contribution in [3.05, 3.63) is 23.8 Å². The van der Waals surface area contributed by atoms with Crippen LogP contribution in [0.4, 0.5) is 8.78 Å². The van der Waals surface area contributed by atoms with Gasteiger partial charge in [-0.1, -0.05) is 6.07 Å². The second-order valence-electron chi connectivity index (χ2n) is 3.97. The number of benzene rings is 1. The lowest BCUT2D eigenvalue weighted by atomic mass is 10.1. The van der Waals surface area contributed by atoms with Gasteiger partial charge in [-0.3, -0.25) is 0 Å². The molecule has 0 aliphatic heterocycles. The molecule has 1 aliphatic rings. The van der Waals surface area contributed by atoms with Gasteiger partial charge < -0.3 is 4.74 Å². The van der Waals surface area contributed by atoms with Crippen LogP contribution < -0.4 is 9.88 Å². The van der Waals surface area contributed by atoms with Crippen molar-refractivity contribution in [3.63, 3.8) is 0 Å². The average molecular weight is 263 g/mol. The summed E-state index contributed by atoms with van der Waals surface area (Å²) in [6, 6.07) is 3.92. The van der Waals surface area contributed by atoms with E-state index in [0.717, 1.165) is 6.07 Å². The Labute approximate surface area is 97.4 Å². The number of rotatable bonds is 3. The summed E-state index contributed by atoms with van der Waals surface area (Å²) in [7, 11) is -2.69. The summed E-state index contributed by atoms with van der Waals surface area (Å²) >= 11 is 0. The zero-order valence-electron chi connectivity index (χ0n) is 8.98. The van der Waals surface area contributed by atoms with Crippen LogP contribution in [0.2, 0.25) is 0 Å². The summed E-state index contributed by atoms with van der Waals surface area (Å²) in [5.41, 5.74) is 0.264.